The van der Waals surface area contributed by atoms with Crippen molar-refractivity contribution in [3.63, 3.8) is 0 Å². The minimum absolute atomic E-state index is 0.313. The molecule has 0 spiro atoms. The smallest absolute Gasteiger partial charge is 0.335 e. The van der Waals surface area contributed by atoms with Gasteiger partial charge in [-0.3, -0.25) is 4.98 Å². The van der Waals surface area contributed by atoms with Gasteiger partial charge < -0.3 is 10.4 Å². The zero-order valence-electron chi connectivity index (χ0n) is 11.6. The van der Waals surface area contributed by atoms with Crippen LogP contribution in [0.25, 0.3) is 0 Å². The molecule has 0 aliphatic carbocycles. The molecule has 0 aliphatic heterocycles. The highest BCUT2D eigenvalue weighted by Crippen LogP contribution is 2.08. The predicted octanol–water partition coefficient (Wildman–Crippen LogP) is 2.45. The first-order valence-electron chi connectivity index (χ1n) is 6.42. The molecular weight excluding hydrogens is 254 g/mol. The van der Waals surface area contributed by atoms with Crippen LogP contribution < -0.4 is 5.32 Å². The van der Waals surface area contributed by atoms with Crippen molar-refractivity contribution in [3.05, 3.63) is 53.0 Å². The Morgan fingerprint density at radius 2 is 2.10 bits per heavy atom. The van der Waals surface area contributed by atoms with Crippen LogP contribution in [0.4, 0.5) is 5.82 Å². The third-order valence-electron chi connectivity index (χ3n) is 3.09. The van der Waals surface area contributed by atoms with Crippen LogP contribution in [0.1, 0.15) is 27.3 Å². The zero-order valence-corrected chi connectivity index (χ0v) is 11.6. The van der Waals surface area contributed by atoms with Gasteiger partial charge in [0.25, 0.3) is 0 Å². The number of anilines is 1. The summed E-state index contributed by atoms with van der Waals surface area (Å²) < 4.78 is 0. The van der Waals surface area contributed by atoms with Crippen molar-refractivity contribution in [2.45, 2.75) is 20.3 Å². The van der Waals surface area contributed by atoms with E-state index in [-0.39, 0.29) is 0 Å². The third-order valence-corrected chi connectivity index (χ3v) is 3.09. The van der Waals surface area contributed by atoms with Gasteiger partial charge in [0, 0.05) is 6.54 Å². The lowest BCUT2D eigenvalue weighted by Crippen LogP contribution is -2.08. The van der Waals surface area contributed by atoms with Gasteiger partial charge in [-0.2, -0.15) is 0 Å². The monoisotopic (exact) mass is 271 g/mol. The van der Waals surface area contributed by atoms with Gasteiger partial charge in [0.15, 0.2) is 0 Å². The maximum Gasteiger partial charge on any atom is 0.335 e. The number of hydrogen-bond acceptors (Lipinski definition) is 4. The molecule has 1 heterocycles. The van der Waals surface area contributed by atoms with E-state index in [1.54, 1.807) is 24.4 Å². The molecule has 20 heavy (non-hydrogen) atoms. The summed E-state index contributed by atoms with van der Waals surface area (Å²) in [7, 11) is 0. The lowest BCUT2D eigenvalue weighted by Gasteiger charge is -2.07. The number of rotatable bonds is 5. The van der Waals surface area contributed by atoms with Crippen LogP contribution in [-0.2, 0) is 6.42 Å². The molecule has 0 fully saturated rings. The molecule has 0 unspecified atom stereocenters. The highest BCUT2D eigenvalue weighted by molar-refractivity contribution is 5.87. The fourth-order valence-electron chi connectivity index (χ4n) is 1.82. The second-order valence-electron chi connectivity index (χ2n) is 4.61. The summed E-state index contributed by atoms with van der Waals surface area (Å²) in [6.07, 6.45) is 2.44. The number of benzene rings is 1. The first-order valence-corrected chi connectivity index (χ1v) is 6.42. The normalized spacial score (nSPS) is 10.3. The quantitative estimate of drug-likeness (QED) is 0.873. The van der Waals surface area contributed by atoms with Crippen molar-refractivity contribution < 1.29 is 9.90 Å². The van der Waals surface area contributed by atoms with E-state index in [9.17, 15) is 4.79 Å². The Kier molecular flexibility index (Phi) is 4.30. The largest absolute Gasteiger partial charge is 0.478 e. The standard InChI is InChI=1S/C15H17N3O2/c1-10-11(2)18-14(9-17-10)16-7-6-12-4-3-5-13(8-12)15(19)20/h3-5,8-9H,6-7H2,1-2H3,(H,16,18)(H,19,20). The highest BCUT2D eigenvalue weighted by atomic mass is 16.4. The lowest BCUT2D eigenvalue weighted by molar-refractivity contribution is 0.0697. The summed E-state index contributed by atoms with van der Waals surface area (Å²) in [5.41, 5.74) is 3.12. The highest BCUT2D eigenvalue weighted by Gasteiger charge is 2.03. The average molecular weight is 271 g/mol. The average Bonchev–Trinajstić information content (AvgIpc) is 2.43. The van der Waals surface area contributed by atoms with E-state index in [0.717, 1.165) is 29.2 Å². The summed E-state index contributed by atoms with van der Waals surface area (Å²) in [6.45, 7) is 4.52. The molecule has 1 aromatic heterocycles. The Bertz CT molecular complexity index is 626. The molecule has 2 aromatic rings. The van der Waals surface area contributed by atoms with Crippen molar-refractivity contribution in [3.8, 4) is 0 Å². The van der Waals surface area contributed by atoms with Crippen LogP contribution in [0.5, 0.6) is 0 Å². The van der Waals surface area contributed by atoms with Gasteiger partial charge in [0.2, 0.25) is 0 Å². The number of carbonyl (C=O) groups is 1. The Hall–Kier alpha value is -2.43. The number of aryl methyl sites for hydroxylation is 2. The molecule has 2 N–H and O–H groups in total. The molecule has 0 bridgehead atoms. The molecule has 0 saturated heterocycles. The Balaban J connectivity index is 1.94. The molecule has 0 saturated carbocycles. The van der Waals surface area contributed by atoms with Crippen LogP contribution in [0, 0.1) is 13.8 Å². The lowest BCUT2D eigenvalue weighted by atomic mass is 10.1. The molecule has 0 atom stereocenters. The van der Waals surface area contributed by atoms with Gasteiger partial charge in [0.05, 0.1) is 23.1 Å². The van der Waals surface area contributed by atoms with Crippen LogP contribution in [0.2, 0.25) is 0 Å². The van der Waals surface area contributed by atoms with Crippen molar-refractivity contribution in [1.82, 2.24) is 9.97 Å². The summed E-state index contributed by atoms with van der Waals surface area (Å²) in [6, 6.07) is 6.96. The topological polar surface area (TPSA) is 75.1 Å². The number of hydrogen-bond donors (Lipinski definition) is 2. The predicted molar refractivity (Wildman–Crippen MR) is 77.1 cm³/mol. The molecule has 5 nitrogen and oxygen atoms in total. The van der Waals surface area contributed by atoms with E-state index < -0.39 is 5.97 Å². The maximum atomic E-state index is 10.9. The summed E-state index contributed by atoms with van der Waals surface area (Å²) in [4.78, 5) is 19.5. The Morgan fingerprint density at radius 1 is 1.30 bits per heavy atom. The van der Waals surface area contributed by atoms with Crippen LogP contribution in [-0.4, -0.2) is 27.6 Å². The van der Waals surface area contributed by atoms with Gasteiger partial charge in [0.1, 0.15) is 5.82 Å². The van der Waals surface area contributed by atoms with E-state index in [0.29, 0.717) is 12.1 Å². The number of aromatic nitrogens is 2. The number of carboxylic acids is 1. The summed E-state index contributed by atoms with van der Waals surface area (Å²) in [5.74, 6) is -0.165. The minimum Gasteiger partial charge on any atom is -0.478 e. The number of nitrogens with zero attached hydrogens (tertiary/aromatic N) is 2. The fraction of sp³-hybridized carbons (Fsp3) is 0.267. The second-order valence-corrected chi connectivity index (χ2v) is 4.61. The first-order chi connectivity index (χ1) is 9.56. The molecule has 5 heteroatoms. The first kappa shape index (κ1) is 14.0. The number of carboxylic acid groups (broad SMARTS) is 1. The summed E-state index contributed by atoms with van der Waals surface area (Å²) >= 11 is 0. The Morgan fingerprint density at radius 3 is 2.80 bits per heavy atom. The van der Waals surface area contributed by atoms with E-state index in [2.05, 4.69) is 15.3 Å². The van der Waals surface area contributed by atoms with Crippen LogP contribution in [0.3, 0.4) is 0 Å². The van der Waals surface area contributed by atoms with Gasteiger partial charge in [-0.15, -0.1) is 0 Å². The van der Waals surface area contributed by atoms with Gasteiger partial charge in [-0.05, 0) is 38.0 Å². The van der Waals surface area contributed by atoms with Crippen molar-refractivity contribution >= 4 is 11.8 Å². The van der Waals surface area contributed by atoms with Gasteiger partial charge in [-0.25, -0.2) is 9.78 Å². The van der Waals surface area contributed by atoms with E-state index >= 15 is 0 Å². The summed E-state index contributed by atoms with van der Waals surface area (Å²) in [5, 5.41) is 12.1. The van der Waals surface area contributed by atoms with Gasteiger partial charge >= 0.3 is 5.97 Å². The molecule has 104 valence electrons. The van der Waals surface area contributed by atoms with E-state index in [1.807, 2.05) is 19.9 Å². The number of nitrogens with one attached hydrogen (secondary N) is 1. The fourth-order valence-corrected chi connectivity index (χ4v) is 1.82. The molecule has 2 rings (SSSR count). The number of aromatic carboxylic acids is 1. The molecule has 0 amide bonds. The van der Waals surface area contributed by atoms with Crippen molar-refractivity contribution in [2.75, 3.05) is 11.9 Å². The van der Waals surface area contributed by atoms with Crippen molar-refractivity contribution in [1.29, 1.82) is 0 Å². The van der Waals surface area contributed by atoms with E-state index in [1.165, 1.54) is 0 Å². The van der Waals surface area contributed by atoms with Crippen LogP contribution >= 0.6 is 0 Å². The van der Waals surface area contributed by atoms with Crippen molar-refractivity contribution in [2.24, 2.45) is 0 Å². The SMILES string of the molecule is Cc1ncc(NCCc2cccc(C(=O)O)c2)nc1C. The maximum absolute atomic E-state index is 10.9. The molecule has 0 aliphatic rings. The minimum atomic E-state index is -0.903. The Labute approximate surface area is 117 Å². The zero-order chi connectivity index (χ0) is 14.5. The van der Waals surface area contributed by atoms with Crippen LogP contribution in [0.15, 0.2) is 30.5 Å². The second kappa shape index (κ2) is 6.14. The van der Waals surface area contributed by atoms with E-state index in [4.69, 9.17) is 5.11 Å². The van der Waals surface area contributed by atoms with Gasteiger partial charge in [-0.1, -0.05) is 12.1 Å². The third kappa shape index (κ3) is 3.54. The molecular formula is C15H17N3O2. The molecule has 0 radical (unpaired) electrons. The molecule has 1 aromatic carbocycles.